The Morgan fingerprint density at radius 1 is 1.57 bits per heavy atom. The molecule has 5 nitrogen and oxygen atoms in total. The highest BCUT2D eigenvalue weighted by atomic mass is 15.5. The van der Waals surface area contributed by atoms with Crippen LogP contribution in [0, 0.1) is 5.92 Å². The molecule has 2 rings (SSSR count). The van der Waals surface area contributed by atoms with Crippen molar-refractivity contribution in [1.29, 1.82) is 0 Å². The quantitative estimate of drug-likeness (QED) is 0.755. The molecular formula is C9H13N5. The molecule has 0 spiro atoms. The average molecular weight is 191 g/mol. The molecule has 2 heterocycles. The molecular weight excluding hydrogens is 178 g/mol. The van der Waals surface area contributed by atoms with Gasteiger partial charge < -0.3 is 5.73 Å². The van der Waals surface area contributed by atoms with Crippen LogP contribution < -0.4 is 5.73 Å². The molecule has 0 saturated carbocycles. The van der Waals surface area contributed by atoms with Crippen molar-refractivity contribution in [3.63, 3.8) is 0 Å². The van der Waals surface area contributed by atoms with Crippen LogP contribution in [0.4, 0.5) is 0 Å². The third-order valence-electron chi connectivity index (χ3n) is 2.25. The molecule has 0 aliphatic rings. The Bertz CT molecular complexity index is 422. The molecule has 2 aromatic heterocycles. The first-order chi connectivity index (χ1) is 6.79. The second kappa shape index (κ2) is 3.71. The molecule has 2 N–H and O–H groups in total. The summed E-state index contributed by atoms with van der Waals surface area (Å²) in [4.78, 5) is 0. The summed E-state index contributed by atoms with van der Waals surface area (Å²) in [6, 6.07) is 4.02. The van der Waals surface area contributed by atoms with E-state index in [1.807, 2.05) is 18.3 Å². The maximum atomic E-state index is 5.57. The van der Waals surface area contributed by atoms with Gasteiger partial charge in [-0.3, -0.25) is 0 Å². The molecule has 1 atom stereocenters. The second-order valence-electron chi connectivity index (χ2n) is 3.56. The van der Waals surface area contributed by atoms with Gasteiger partial charge in [-0.05, 0) is 47.0 Å². The molecule has 0 bridgehead atoms. The summed E-state index contributed by atoms with van der Waals surface area (Å²) < 4.78 is 1.65. The van der Waals surface area contributed by atoms with Crippen LogP contribution in [0.1, 0.15) is 12.5 Å². The Hall–Kier alpha value is -1.49. The number of rotatable bonds is 3. The molecule has 1 unspecified atom stereocenters. The first-order valence-corrected chi connectivity index (χ1v) is 4.66. The van der Waals surface area contributed by atoms with Gasteiger partial charge in [0.1, 0.15) is 0 Å². The van der Waals surface area contributed by atoms with E-state index in [4.69, 9.17) is 5.73 Å². The van der Waals surface area contributed by atoms with E-state index in [1.165, 1.54) is 5.56 Å². The van der Waals surface area contributed by atoms with E-state index in [0.29, 0.717) is 12.5 Å². The van der Waals surface area contributed by atoms with Crippen LogP contribution in [0.3, 0.4) is 0 Å². The average Bonchev–Trinajstić information content (AvgIpc) is 2.64. The fourth-order valence-corrected chi connectivity index (χ4v) is 1.39. The molecule has 0 aromatic carbocycles. The monoisotopic (exact) mass is 191 g/mol. The first kappa shape index (κ1) is 9.08. The lowest BCUT2D eigenvalue weighted by Crippen LogP contribution is -2.13. The lowest BCUT2D eigenvalue weighted by atomic mass is 10.0. The highest BCUT2D eigenvalue weighted by Gasteiger charge is 2.03. The number of fused-ring (bicyclic) bond motifs is 1. The summed E-state index contributed by atoms with van der Waals surface area (Å²) in [7, 11) is 0. The summed E-state index contributed by atoms with van der Waals surface area (Å²) in [5.41, 5.74) is 7.58. The van der Waals surface area contributed by atoms with Crippen LogP contribution in [0.15, 0.2) is 18.3 Å². The molecule has 14 heavy (non-hydrogen) atoms. The summed E-state index contributed by atoms with van der Waals surface area (Å²) in [5.74, 6) is 0.494. The molecule has 0 aliphatic heterocycles. The third-order valence-corrected chi connectivity index (χ3v) is 2.25. The van der Waals surface area contributed by atoms with Gasteiger partial charge in [0.25, 0.3) is 0 Å². The van der Waals surface area contributed by atoms with Gasteiger partial charge in [0, 0.05) is 6.20 Å². The van der Waals surface area contributed by atoms with E-state index >= 15 is 0 Å². The van der Waals surface area contributed by atoms with E-state index in [-0.39, 0.29) is 0 Å². The van der Waals surface area contributed by atoms with E-state index in [0.717, 1.165) is 12.1 Å². The van der Waals surface area contributed by atoms with Crippen molar-refractivity contribution in [2.75, 3.05) is 6.54 Å². The zero-order valence-corrected chi connectivity index (χ0v) is 8.09. The number of hydrogen-bond donors (Lipinski definition) is 1. The van der Waals surface area contributed by atoms with E-state index < -0.39 is 0 Å². The van der Waals surface area contributed by atoms with Crippen molar-refractivity contribution >= 4 is 5.65 Å². The SMILES string of the molecule is CC(CN)Cc1ccn2nnnc2c1. The van der Waals surface area contributed by atoms with Gasteiger partial charge in [-0.25, -0.2) is 4.52 Å². The van der Waals surface area contributed by atoms with Gasteiger partial charge >= 0.3 is 0 Å². The zero-order valence-electron chi connectivity index (χ0n) is 8.09. The largest absolute Gasteiger partial charge is 0.330 e. The van der Waals surface area contributed by atoms with Crippen molar-refractivity contribution in [3.8, 4) is 0 Å². The van der Waals surface area contributed by atoms with Gasteiger partial charge in [0.2, 0.25) is 0 Å². The van der Waals surface area contributed by atoms with Crippen LogP contribution >= 0.6 is 0 Å². The maximum absolute atomic E-state index is 5.57. The summed E-state index contributed by atoms with van der Waals surface area (Å²) >= 11 is 0. The van der Waals surface area contributed by atoms with Crippen molar-refractivity contribution in [3.05, 3.63) is 23.9 Å². The van der Waals surface area contributed by atoms with Crippen LogP contribution in [-0.4, -0.2) is 26.6 Å². The Balaban J connectivity index is 2.25. The maximum Gasteiger partial charge on any atom is 0.179 e. The van der Waals surface area contributed by atoms with Gasteiger partial charge in [0.05, 0.1) is 0 Å². The molecule has 0 radical (unpaired) electrons. The van der Waals surface area contributed by atoms with Gasteiger partial charge in [0.15, 0.2) is 5.65 Å². The third kappa shape index (κ3) is 1.72. The smallest absolute Gasteiger partial charge is 0.179 e. The minimum atomic E-state index is 0.494. The Morgan fingerprint density at radius 3 is 3.21 bits per heavy atom. The predicted molar refractivity (Wildman–Crippen MR) is 52.7 cm³/mol. The van der Waals surface area contributed by atoms with Crippen LogP contribution in [0.5, 0.6) is 0 Å². The Labute approximate surface area is 81.9 Å². The lowest BCUT2D eigenvalue weighted by Gasteiger charge is -2.07. The number of tetrazole rings is 1. The molecule has 0 aliphatic carbocycles. The summed E-state index contributed by atoms with van der Waals surface area (Å²) in [5, 5.41) is 11.3. The number of hydrogen-bond acceptors (Lipinski definition) is 4. The molecule has 0 fully saturated rings. The molecule has 74 valence electrons. The highest BCUT2D eigenvalue weighted by molar-refractivity contribution is 5.38. The summed E-state index contributed by atoms with van der Waals surface area (Å²) in [6.07, 6.45) is 2.84. The van der Waals surface area contributed by atoms with E-state index in [1.54, 1.807) is 4.52 Å². The van der Waals surface area contributed by atoms with Crippen molar-refractivity contribution < 1.29 is 0 Å². The van der Waals surface area contributed by atoms with Crippen molar-refractivity contribution in [1.82, 2.24) is 20.0 Å². The predicted octanol–water partition coefficient (Wildman–Crippen LogP) is 0.262. The molecule has 0 saturated heterocycles. The minimum Gasteiger partial charge on any atom is -0.330 e. The Kier molecular flexibility index (Phi) is 2.41. The van der Waals surface area contributed by atoms with E-state index in [2.05, 4.69) is 22.4 Å². The zero-order chi connectivity index (χ0) is 9.97. The van der Waals surface area contributed by atoms with Crippen LogP contribution in [0.2, 0.25) is 0 Å². The van der Waals surface area contributed by atoms with Crippen molar-refractivity contribution in [2.45, 2.75) is 13.3 Å². The normalized spacial score (nSPS) is 13.3. The fraction of sp³-hybridized carbons (Fsp3) is 0.444. The molecule has 0 amide bonds. The molecule has 2 aromatic rings. The standard InChI is InChI=1S/C9H13N5/c1-7(6-10)4-8-2-3-14-9(5-8)11-12-13-14/h2-3,5,7H,4,6,10H2,1H3. The Morgan fingerprint density at radius 2 is 2.43 bits per heavy atom. The van der Waals surface area contributed by atoms with Crippen molar-refractivity contribution in [2.24, 2.45) is 11.7 Å². The van der Waals surface area contributed by atoms with Crippen LogP contribution in [-0.2, 0) is 6.42 Å². The second-order valence-corrected chi connectivity index (χ2v) is 3.56. The molecule has 5 heteroatoms. The van der Waals surface area contributed by atoms with Gasteiger partial charge in [-0.1, -0.05) is 6.92 Å². The van der Waals surface area contributed by atoms with Gasteiger partial charge in [-0.15, -0.1) is 5.10 Å². The number of pyridine rings is 1. The summed E-state index contributed by atoms with van der Waals surface area (Å²) in [6.45, 7) is 2.84. The lowest BCUT2D eigenvalue weighted by molar-refractivity contribution is 0.592. The fourth-order valence-electron chi connectivity index (χ4n) is 1.39. The minimum absolute atomic E-state index is 0.494. The number of nitrogens with zero attached hydrogens (tertiary/aromatic N) is 4. The first-order valence-electron chi connectivity index (χ1n) is 4.66. The topological polar surface area (TPSA) is 69.1 Å². The van der Waals surface area contributed by atoms with E-state index in [9.17, 15) is 0 Å². The number of aromatic nitrogens is 4. The van der Waals surface area contributed by atoms with Gasteiger partial charge in [-0.2, -0.15) is 0 Å². The number of nitrogens with two attached hydrogens (primary N) is 1. The van der Waals surface area contributed by atoms with Crippen LogP contribution in [0.25, 0.3) is 5.65 Å². The highest BCUT2D eigenvalue weighted by Crippen LogP contribution is 2.08.